The number of hydrogen-bond donors (Lipinski definition) is 3. The number of nitrogens with zero attached hydrogens (tertiary/aromatic N) is 5. The van der Waals surface area contributed by atoms with Gasteiger partial charge in [-0.15, -0.1) is 0 Å². The Kier molecular flexibility index (Phi) is 5.24. The Bertz CT molecular complexity index is 829. The molecule has 0 aromatic carbocycles. The lowest BCUT2D eigenvalue weighted by molar-refractivity contribution is -0.123. The van der Waals surface area contributed by atoms with E-state index in [1.165, 1.54) is 0 Å². The third-order valence-electron chi connectivity index (χ3n) is 4.59. The first-order valence-electron chi connectivity index (χ1n) is 8.74. The largest absolute Gasteiger partial charge is 0.368 e. The summed E-state index contributed by atoms with van der Waals surface area (Å²) in [6.07, 6.45) is 2.13. The van der Waals surface area contributed by atoms with Crippen LogP contribution in [0.4, 0.5) is 11.8 Å². The number of nitrogen functional groups attached to an aromatic ring is 1. The zero-order valence-corrected chi connectivity index (χ0v) is 15.6. The van der Waals surface area contributed by atoms with Crippen LogP contribution in [-0.4, -0.2) is 57.2 Å². The maximum Gasteiger partial charge on any atom is 0.242 e. The third-order valence-corrected chi connectivity index (χ3v) is 4.59. The molecular weight excluding hydrogens is 348 g/mol. The van der Waals surface area contributed by atoms with Crippen LogP contribution in [0, 0.1) is 13.8 Å². The Labute approximate surface area is 157 Å². The molecule has 0 bridgehead atoms. The molecule has 144 valence electrons. The molecule has 1 fully saturated rings. The summed E-state index contributed by atoms with van der Waals surface area (Å²) in [5.74, 6) is 0.447. The molecule has 0 spiro atoms. The summed E-state index contributed by atoms with van der Waals surface area (Å²) >= 11 is 0. The van der Waals surface area contributed by atoms with Crippen molar-refractivity contribution < 1.29 is 9.59 Å². The lowest BCUT2D eigenvalue weighted by atomic mass is 10.1. The van der Waals surface area contributed by atoms with Crippen molar-refractivity contribution in [2.24, 2.45) is 0 Å². The molecule has 0 aliphatic carbocycles. The van der Waals surface area contributed by atoms with Crippen LogP contribution in [0.25, 0.3) is 0 Å². The highest BCUT2D eigenvalue weighted by atomic mass is 16.2. The molecule has 3 rings (SSSR count). The maximum atomic E-state index is 12.4. The monoisotopic (exact) mass is 372 g/mol. The average molecular weight is 372 g/mol. The van der Waals surface area contributed by atoms with Crippen molar-refractivity contribution in [3.63, 3.8) is 0 Å². The number of likely N-dealkylation sites (N-methyl/N-ethyl adjacent to an activating group) is 1. The molecule has 2 aromatic heterocycles. The van der Waals surface area contributed by atoms with E-state index in [1.54, 1.807) is 24.0 Å². The summed E-state index contributed by atoms with van der Waals surface area (Å²) in [6, 6.07) is 2.99. The second kappa shape index (κ2) is 7.60. The molecule has 4 N–H and O–H groups in total. The van der Waals surface area contributed by atoms with Crippen molar-refractivity contribution >= 4 is 23.6 Å². The molecule has 1 saturated heterocycles. The molecule has 1 aliphatic heterocycles. The SMILES string of the molecule is CNC(=O)[C@@H]1C[C@@H](NC(=O)Cn2nccc2C)CN1c1cc(C)nc(N)n1. The molecular formula is C17H24N8O2. The number of nitrogens with one attached hydrogen (secondary N) is 2. The van der Waals surface area contributed by atoms with Gasteiger partial charge in [0.2, 0.25) is 17.8 Å². The first-order chi connectivity index (χ1) is 12.9. The van der Waals surface area contributed by atoms with Crippen LogP contribution in [0.3, 0.4) is 0 Å². The van der Waals surface area contributed by atoms with Gasteiger partial charge in [-0.25, -0.2) is 4.98 Å². The number of hydrogen-bond acceptors (Lipinski definition) is 7. The van der Waals surface area contributed by atoms with E-state index in [-0.39, 0.29) is 30.3 Å². The number of anilines is 2. The number of rotatable bonds is 5. The summed E-state index contributed by atoms with van der Waals surface area (Å²) in [7, 11) is 1.59. The maximum absolute atomic E-state index is 12.4. The number of carbonyl (C=O) groups is 2. The fourth-order valence-corrected chi connectivity index (χ4v) is 3.30. The number of carbonyl (C=O) groups excluding carboxylic acids is 2. The van der Waals surface area contributed by atoms with E-state index < -0.39 is 6.04 Å². The summed E-state index contributed by atoms with van der Waals surface area (Å²) in [5.41, 5.74) is 7.39. The summed E-state index contributed by atoms with van der Waals surface area (Å²) in [6.45, 7) is 4.30. The second-order valence-electron chi connectivity index (χ2n) is 6.64. The highest BCUT2D eigenvalue weighted by Gasteiger charge is 2.38. The van der Waals surface area contributed by atoms with E-state index in [2.05, 4.69) is 25.7 Å². The van der Waals surface area contributed by atoms with E-state index in [0.717, 1.165) is 11.4 Å². The molecule has 27 heavy (non-hydrogen) atoms. The molecule has 2 amide bonds. The molecule has 10 nitrogen and oxygen atoms in total. The van der Waals surface area contributed by atoms with E-state index in [0.29, 0.717) is 18.8 Å². The Morgan fingerprint density at radius 3 is 2.74 bits per heavy atom. The summed E-state index contributed by atoms with van der Waals surface area (Å²) < 4.78 is 1.63. The van der Waals surface area contributed by atoms with Crippen molar-refractivity contribution in [3.05, 3.63) is 29.7 Å². The van der Waals surface area contributed by atoms with Crippen LogP contribution in [0.15, 0.2) is 18.3 Å². The van der Waals surface area contributed by atoms with Crippen molar-refractivity contribution in [1.82, 2.24) is 30.4 Å². The average Bonchev–Trinajstić information content (AvgIpc) is 3.20. The van der Waals surface area contributed by atoms with Crippen molar-refractivity contribution in [3.8, 4) is 0 Å². The third kappa shape index (κ3) is 4.15. The number of nitrogens with two attached hydrogens (primary N) is 1. The van der Waals surface area contributed by atoms with Gasteiger partial charge in [-0.2, -0.15) is 10.1 Å². The minimum atomic E-state index is -0.444. The number of amides is 2. The van der Waals surface area contributed by atoms with Crippen LogP contribution in [-0.2, 0) is 16.1 Å². The predicted molar refractivity (Wildman–Crippen MR) is 99.9 cm³/mol. The standard InChI is InChI=1S/C17H24N8O2/c1-10-6-14(23-17(18)21-10)24-8-12(7-13(24)16(27)19-3)22-15(26)9-25-11(2)4-5-20-25/h4-6,12-13H,7-9H2,1-3H3,(H,19,27)(H,22,26)(H2,18,21,23)/t12-,13+/m1/s1. The van der Waals surface area contributed by atoms with Crippen molar-refractivity contribution in [2.75, 3.05) is 24.2 Å². The Hall–Kier alpha value is -3.17. The van der Waals surface area contributed by atoms with E-state index in [1.807, 2.05) is 24.8 Å². The number of aromatic nitrogens is 4. The van der Waals surface area contributed by atoms with Crippen LogP contribution < -0.4 is 21.3 Å². The highest BCUT2D eigenvalue weighted by Crippen LogP contribution is 2.25. The molecule has 1 aliphatic rings. The smallest absolute Gasteiger partial charge is 0.242 e. The topological polar surface area (TPSA) is 131 Å². The predicted octanol–water partition coefficient (Wildman–Crippen LogP) is -0.618. The zero-order chi connectivity index (χ0) is 19.6. The summed E-state index contributed by atoms with van der Waals surface area (Å²) in [4.78, 5) is 34.9. The van der Waals surface area contributed by atoms with E-state index >= 15 is 0 Å². The van der Waals surface area contributed by atoms with Crippen LogP contribution in [0.2, 0.25) is 0 Å². The van der Waals surface area contributed by atoms with Gasteiger partial charge >= 0.3 is 0 Å². The number of aryl methyl sites for hydroxylation is 2. The van der Waals surface area contributed by atoms with Gasteiger partial charge in [0, 0.05) is 43.3 Å². The van der Waals surface area contributed by atoms with E-state index in [9.17, 15) is 9.59 Å². The summed E-state index contributed by atoms with van der Waals surface area (Å²) in [5, 5.41) is 9.78. The zero-order valence-electron chi connectivity index (χ0n) is 15.6. The van der Waals surface area contributed by atoms with Crippen molar-refractivity contribution in [1.29, 1.82) is 0 Å². The van der Waals surface area contributed by atoms with Gasteiger partial charge in [0.15, 0.2) is 0 Å². The van der Waals surface area contributed by atoms with Gasteiger partial charge in [-0.05, 0) is 26.3 Å². The highest BCUT2D eigenvalue weighted by molar-refractivity contribution is 5.86. The normalized spacial score (nSPS) is 19.1. The first-order valence-corrected chi connectivity index (χ1v) is 8.74. The van der Waals surface area contributed by atoms with Gasteiger partial charge < -0.3 is 21.3 Å². The van der Waals surface area contributed by atoms with Crippen LogP contribution >= 0.6 is 0 Å². The van der Waals surface area contributed by atoms with Gasteiger partial charge in [0.25, 0.3) is 0 Å². The lowest BCUT2D eigenvalue weighted by Crippen LogP contribution is -2.42. The molecule has 0 radical (unpaired) electrons. The Morgan fingerprint density at radius 2 is 2.11 bits per heavy atom. The minimum Gasteiger partial charge on any atom is -0.368 e. The molecule has 2 aromatic rings. The molecule has 10 heteroatoms. The Balaban J connectivity index is 1.74. The first kappa shape index (κ1) is 18.6. The van der Waals surface area contributed by atoms with Gasteiger partial charge in [0.1, 0.15) is 18.4 Å². The molecule has 0 saturated carbocycles. The fourth-order valence-electron chi connectivity index (χ4n) is 3.30. The van der Waals surface area contributed by atoms with Gasteiger partial charge in [-0.1, -0.05) is 0 Å². The van der Waals surface area contributed by atoms with Gasteiger partial charge in [0.05, 0.1) is 0 Å². The van der Waals surface area contributed by atoms with E-state index in [4.69, 9.17) is 5.73 Å². The molecule has 0 unspecified atom stereocenters. The molecule has 3 heterocycles. The second-order valence-corrected chi connectivity index (χ2v) is 6.64. The lowest BCUT2D eigenvalue weighted by Gasteiger charge is -2.24. The van der Waals surface area contributed by atoms with Crippen LogP contribution in [0.1, 0.15) is 17.8 Å². The minimum absolute atomic E-state index is 0.135. The quantitative estimate of drug-likeness (QED) is 0.637. The Morgan fingerprint density at radius 1 is 1.33 bits per heavy atom. The fraction of sp³-hybridized carbons (Fsp3) is 0.471. The van der Waals surface area contributed by atoms with Gasteiger partial charge in [-0.3, -0.25) is 14.3 Å². The van der Waals surface area contributed by atoms with Crippen LogP contribution in [0.5, 0.6) is 0 Å². The molecule has 2 atom stereocenters. The van der Waals surface area contributed by atoms with Crippen molar-refractivity contribution in [2.45, 2.75) is 38.9 Å².